The van der Waals surface area contributed by atoms with Crippen LogP contribution in [0, 0.1) is 0 Å². The highest BCUT2D eigenvalue weighted by atomic mass is 16.5. The number of hydrogen-bond acceptors (Lipinski definition) is 2. The summed E-state index contributed by atoms with van der Waals surface area (Å²) < 4.78 is 5.49. The van der Waals surface area contributed by atoms with Gasteiger partial charge in [-0.05, 0) is 37.9 Å². The normalized spacial score (nSPS) is 19.2. The quantitative estimate of drug-likeness (QED) is 0.870. The Kier molecular flexibility index (Phi) is 3.10. The van der Waals surface area contributed by atoms with Crippen LogP contribution in [-0.2, 0) is 11.2 Å². The summed E-state index contributed by atoms with van der Waals surface area (Å²) in [5.74, 6) is 0. The maximum atomic E-state index is 5.49. The lowest BCUT2D eigenvalue weighted by Gasteiger charge is -2.37. The van der Waals surface area contributed by atoms with Crippen LogP contribution in [0.1, 0.15) is 18.4 Å². The summed E-state index contributed by atoms with van der Waals surface area (Å²) in [7, 11) is 2.07. The number of rotatable bonds is 3. The zero-order chi connectivity index (χ0) is 12.4. The maximum absolute atomic E-state index is 5.49. The van der Waals surface area contributed by atoms with E-state index >= 15 is 0 Å². The molecule has 0 bridgehead atoms. The minimum Gasteiger partial charge on any atom is -0.381 e. The predicted octanol–water partition coefficient (Wildman–Crippen LogP) is 2.48. The molecule has 3 heteroatoms. The van der Waals surface area contributed by atoms with E-state index in [9.17, 15) is 0 Å². The molecule has 1 aromatic heterocycles. The summed E-state index contributed by atoms with van der Waals surface area (Å²) >= 11 is 0. The van der Waals surface area contributed by atoms with Crippen LogP contribution in [0.3, 0.4) is 0 Å². The Morgan fingerprint density at radius 1 is 1.28 bits per heavy atom. The van der Waals surface area contributed by atoms with Gasteiger partial charge in [-0.25, -0.2) is 0 Å². The van der Waals surface area contributed by atoms with Crippen molar-refractivity contribution in [3.05, 3.63) is 36.0 Å². The second-order valence-electron chi connectivity index (χ2n) is 5.18. The van der Waals surface area contributed by atoms with Crippen LogP contribution in [-0.4, -0.2) is 30.8 Å². The molecule has 2 heterocycles. The monoisotopic (exact) mass is 244 g/mol. The second-order valence-corrected chi connectivity index (χ2v) is 5.18. The topological polar surface area (TPSA) is 37.0 Å². The predicted molar refractivity (Wildman–Crippen MR) is 73.8 cm³/mol. The molecule has 0 saturated carbocycles. The first kappa shape index (κ1) is 11.8. The van der Waals surface area contributed by atoms with Crippen molar-refractivity contribution in [3.63, 3.8) is 0 Å². The zero-order valence-electron chi connectivity index (χ0n) is 10.8. The van der Waals surface area contributed by atoms with Gasteiger partial charge in [0.15, 0.2) is 0 Å². The fourth-order valence-corrected chi connectivity index (χ4v) is 2.92. The lowest BCUT2D eigenvalue weighted by atomic mass is 9.84. The Hall–Kier alpha value is -1.32. The molecule has 1 aliphatic rings. The highest BCUT2D eigenvalue weighted by Crippen LogP contribution is 2.28. The Bertz CT molecular complexity index is 526. The van der Waals surface area contributed by atoms with Crippen molar-refractivity contribution in [2.75, 3.05) is 20.3 Å². The number of aromatic nitrogens is 1. The van der Waals surface area contributed by atoms with Crippen molar-refractivity contribution in [1.82, 2.24) is 10.3 Å². The summed E-state index contributed by atoms with van der Waals surface area (Å²) in [4.78, 5) is 3.36. The summed E-state index contributed by atoms with van der Waals surface area (Å²) in [5, 5.41) is 4.87. The van der Waals surface area contributed by atoms with Crippen molar-refractivity contribution < 1.29 is 4.74 Å². The fraction of sp³-hybridized carbons (Fsp3) is 0.467. The first-order valence-corrected chi connectivity index (χ1v) is 6.65. The standard InChI is InChI=1S/C15H20N2O/c1-16-15(6-8-18-9-7-15)10-12-11-17-14-5-3-2-4-13(12)14/h2-5,11,16-17H,6-10H2,1H3. The molecule has 1 saturated heterocycles. The molecule has 1 aromatic carbocycles. The molecule has 3 nitrogen and oxygen atoms in total. The van der Waals surface area contributed by atoms with E-state index in [1.165, 1.54) is 16.5 Å². The number of fused-ring (bicyclic) bond motifs is 1. The molecule has 0 amide bonds. The minimum atomic E-state index is 0.198. The van der Waals surface area contributed by atoms with Crippen LogP contribution in [0.25, 0.3) is 10.9 Å². The molecule has 18 heavy (non-hydrogen) atoms. The molecular formula is C15H20N2O. The van der Waals surface area contributed by atoms with Crippen molar-refractivity contribution in [3.8, 4) is 0 Å². The molecule has 0 unspecified atom stereocenters. The number of H-pyrrole nitrogens is 1. The number of para-hydroxylation sites is 1. The van der Waals surface area contributed by atoms with E-state index in [1.54, 1.807) is 0 Å². The van der Waals surface area contributed by atoms with Crippen molar-refractivity contribution in [2.24, 2.45) is 0 Å². The number of nitrogens with one attached hydrogen (secondary N) is 2. The summed E-state index contributed by atoms with van der Waals surface area (Å²) in [5.41, 5.74) is 2.83. The zero-order valence-corrected chi connectivity index (χ0v) is 10.8. The van der Waals surface area contributed by atoms with E-state index < -0.39 is 0 Å². The molecule has 3 rings (SSSR count). The number of aromatic amines is 1. The number of hydrogen-bond donors (Lipinski definition) is 2. The van der Waals surface area contributed by atoms with Gasteiger partial charge in [-0.3, -0.25) is 0 Å². The molecule has 1 fully saturated rings. The van der Waals surface area contributed by atoms with Gasteiger partial charge in [0.25, 0.3) is 0 Å². The molecule has 0 atom stereocenters. The van der Waals surface area contributed by atoms with E-state index in [0.717, 1.165) is 32.5 Å². The van der Waals surface area contributed by atoms with Crippen LogP contribution < -0.4 is 5.32 Å². The van der Waals surface area contributed by atoms with Crippen LogP contribution in [0.5, 0.6) is 0 Å². The SMILES string of the molecule is CNC1(Cc2c[nH]c3ccccc23)CCOCC1. The molecule has 2 N–H and O–H groups in total. The van der Waals surface area contributed by atoms with Crippen molar-refractivity contribution in [1.29, 1.82) is 0 Å². The van der Waals surface area contributed by atoms with Gasteiger partial charge < -0.3 is 15.0 Å². The van der Waals surface area contributed by atoms with Crippen molar-refractivity contribution in [2.45, 2.75) is 24.8 Å². The number of likely N-dealkylation sites (N-methyl/N-ethyl adjacent to an activating group) is 1. The lowest BCUT2D eigenvalue weighted by molar-refractivity contribution is 0.0414. The van der Waals surface area contributed by atoms with E-state index in [-0.39, 0.29) is 5.54 Å². The number of ether oxygens (including phenoxy) is 1. The summed E-state index contributed by atoms with van der Waals surface area (Å²) in [6.45, 7) is 1.73. The third-order valence-electron chi connectivity index (χ3n) is 4.18. The van der Waals surface area contributed by atoms with E-state index in [0.29, 0.717) is 0 Å². The van der Waals surface area contributed by atoms with Crippen LogP contribution in [0.15, 0.2) is 30.5 Å². The van der Waals surface area contributed by atoms with Gasteiger partial charge in [0.2, 0.25) is 0 Å². The molecule has 96 valence electrons. The minimum absolute atomic E-state index is 0.198. The van der Waals surface area contributed by atoms with Gasteiger partial charge in [-0.2, -0.15) is 0 Å². The van der Waals surface area contributed by atoms with Crippen LogP contribution in [0.2, 0.25) is 0 Å². The van der Waals surface area contributed by atoms with Gasteiger partial charge in [0.05, 0.1) is 0 Å². The third-order valence-corrected chi connectivity index (χ3v) is 4.18. The molecule has 0 radical (unpaired) electrons. The number of benzene rings is 1. The van der Waals surface area contributed by atoms with E-state index in [2.05, 4.69) is 47.8 Å². The van der Waals surface area contributed by atoms with Gasteiger partial charge in [0, 0.05) is 35.9 Å². The van der Waals surface area contributed by atoms with E-state index in [1.807, 2.05) is 0 Å². The molecule has 0 aliphatic carbocycles. The highest BCUT2D eigenvalue weighted by Gasteiger charge is 2.31. The fourth-order valence-electron chi connectivity index (χ4n) is 2.92. The van der Waals surface area contributed by atoms with Gasteiger partial charge in [-0.1, -0.05) is 18.2 Å². The lowest BCUT2D eigenvalue weighted by Crippen LogP contribution is -2.49. The smallest absolute Gasteiger partial charge is 0.0483 e. The van der Waals surface area contributed by atoms with Crippen LogP contribution in [0.4, 0.5) is 0 Å². The molecule has 0 spiro atoms. The first-order valence-electron chi connectivity index (χ1n) is 6.65. The van der Waals surface area contributed by atoms with Crippen molar-refractivity contribution >= 4 is 10.9 Å². The Morgan fingerprint density at radius 3 is 2.83 bits per heavy atom. The molecule has 1 aliphatic heterocycles. The Labute approximate surface area is 108 Å². The Morgan fingerprint density at radius 2 is 2.06 bits per heavy atom. The summed E-state index contributed by atoms with van der Waals surface area (Å²) in [6, 6.07) is 8.51. The van der Waals surface area contributed by atoms with Gasteiger partial charge in [0.1, 0.15) is 0 Å². The highest BCUT2D eigenvalue weighted by molar-refractivity contribution is 5.83. The Balaban J connectivity index is 1.90. The second kappa shape index (κ2) is 4.75. The maximum Gasteiger partial charge on any atom is 0.0483 e. The molecule has 2 aromatic rings. The van der Waals surface area contributed by atoms with Gasteiger partial charge >= 0.3 is 0 Å². The van der Waals surface area contributed by atoms with Gasteiger partial charge in [-0.15, -0.1) is 0 Å². The molecular weight excluding hydrogens is 224 g/mol. The average molecular weight is 244 g/mol. The van der Waals surface area contributed by atoms with Crippen LogP contribution >= 0.6 is 0 Å². The average Bonchev–Trinajstić information content (AvgIpc) is 2.83. The summed E-state index contributed by atoms with van der Waals surface area (Å²) in [6.07, 6.45) is 5.39. The third kappa shape index (κ3) is 2.04. The largest absolute Gasteiger partial charge is 0.381 e. The first-order chi connectivity index (χ1) is 8.83. The van der Waals surface area contributed by atoms with E-state index in [4.69, 9.17) is 4.74 Å².